The first-order valence-corrected chi connectivity index (χ1v) is 12.0. The number of hydrogen-bond acceptors (Lipinski definition) is 5. The van der Waals surface area contributed by atoms with Crippen molar-refractivity contribution in [1.29, 1.82) is 0 Å². The molecule has 4 heterocycles. The zero-order valence-electron chi connectivity index (χ0n) is 18.3. The fourth-order valence-electron chi connectivity index (χ4n) is 5.33. The number of carbonyl (C=O) groups is 1. The highest BCUT2D eigenvalue weighted by molar-refractivity contribution is 7.10. The molecule has 1 amide bonds. The van der Waals surface area contributed by atoms with Gasteiger partial charge in [0, 0.05) is 37.3 Å². The van der Waals surface area contributed by atoms with E-state index >= 15 is 0 Å². The Morgan fingerprint density at radius 3 is 2.45 bits per heavy atom. The highest BCUT2D eigenvalue weighted by Crippen LogP contribution is 2.44. The maximum Gasteiger partial charge on any atom is 0.234 e. The predicted octanol–water partition coefficient (Wildman–Crippen LogP) is 4.11. The number of rotatable bonds is 4. The molecule has 0 aromatic carbocycles. The summed E-state index contributed by atoms with van der Waals surface area (Å²) in [7, 11) is 0. The van der Waals surface area contributed by atoms with Crippen molar-refractivity contribution in [3.8, 4) is 5.82 Å². The number of hydrogen-bond donors (Lipinski definition) is 0. The normalized spacial score (nSPS) is 18.5. The molecule has 0 radical (unpaired) electrons. The molecule has 3 aromatic rings. The molecule has 1 saturated heterocycles. The van der Waals surface area contributed by atoms with Gasteiger partial charge in [0.25, 0.3) is 0 Å². The molecule has 162 valence electrons. The third-order valence-corrected chi connectivity index (χ3v) is 7.94. The topological polar surface area (TPSA) is 54.3 Å². The first-order valence-electron chi connectivity index (χ1n) is 11.2. The van der Waals surface area contributed by atoms with E-state index in [2.05, 4.69) is 46.1 Å². The molecule has 0 unspecified atom stereocenters. The van der Waals surface area contributed by atoms with Gasteiger partial charge >= 0.3 is 0 Å². The number of nitrogens with zero attached hydrogens (tertiary/aromatic N) is 5. The Morgan fingerprint density at radius 2 is 1.81 bits per heavy atom. The molecule has 1 aliphatic carbocycles. The number of piperazine rings is 1. The van der Waals surface area contributed by atoms with Gasteiger partial charge in [-0.15, -0.1) is 11.3 Å². The Hall–Kier alpha value is -2.67. The molecular formula is C24H29N5OS. The van der Waals surface area contributed by atoms with Crippen LogP contribution in [0, 0.1) is 13.8 Å². The molecule has 6 nitrogen and oxygen atoms in total. The smallest absolute Gasteiger partial charge is 0.234 e. The zero-order valence-corrected chi connectivity index (χ0v) is 19.1. The molecule has 31 heavy (non-hydrogen) atoms. The van der Waals surface area contributed by atoms with Crippen LogP contribution in [0.25, 0.3) is 5.82 Å². The molecule has 5 rings (SSSR count). The van der Waals surface area contributed by atoms with Gasteiger partial charge in [0.05, 0.1) is 22.5 Å². The number of pyridine rings is 1. The summed E-state index contributed by atoms with van der Waals surface area (Å²) in [6.07, 6.45) is 6.06. The highest BCUT2D eigenvalue weighted by Gasteiger charge is 2.46. The third-order valence-electron chi connectivity index (χ3n) is 6.86. The van der Waals surface area contributed by atoms with Crippen LogP contribution in [0.4, 0.5) is 5.69 Å². The number of carbonyl (C=O) groups excluding carboxylic acids is 1. The second kappa shape index (κ2) is 8.11. The summed E-state index contributed by atoms with van der Waals surface area (Å²) in [4.78, 5) is 23.9. The van der Waals surface area contributed by atoms with Crippen molar-refractivity contribution in [3.63, 3.8) is 0 Å². The van der Waals surface area contributed by atoms with Crippen LogP contribution in [-0.4, -0.2) is 51.8 Å². The SMILES string of the molecule is Cc1nn(-c2ccccn2)c(C)c1N1CCN(C(=O)C2(c3cccs3)CCCC2)CC1. The Balaban J connectivity index is 1.33. The Morgan fingerprint density at radius 1 is 1.03 bits per heavy atom. The summed E-state index contributed by atoms with van der Waals surface area (Å²) >= 11 is 1.74. The number of aryl methyl sites for hydroxylation is 1. The average molecular weight is 436 g/mol. The quantitative estimate of drug-likeness (QED) is 0.619. The number of anilines is 1. The van der Waals surface area contributed by atoms with Gasteiger partial charge in [-0.2, -0.15) is 5.10 Å². The number of thiophene rings is 1. The van der Waals surface area contributed by atoms with Crippen LogP contribution < -0.4 is 4.90 Å². The molecular weight excluding hydrogens is 406 g/mol. The molecule has 1 saturated carbocycles. The fraction of sp³-hybridized carbons (Fsp3) is 0.458. The second-order valence-corrected chi connectivity index (χ2v) is 9.61. The van der Waals surface area contributed by atoms with Crippen LogP contribution >= 0.6 is 11.3 Å². The number of amides is 1. The van der Waals surface area contributed by atoms with E-state index < -0.39 is 0 Å². The van der Waals surface area contributed by atoms with Gasteiger partial charge in [-0.05, 0) is 50.3 Å². The van der Waals surface area contributed by atoms with E-state index in [-0.39, 0.29) is 5.41 Å². The lowest BCUT2D eigenvalue weighted by molar-refractivity contribution is -0.137. The maximum absolute atomic E-state index is 13.7. The van der Waals surface area contributed by atoms with E-state index in [9.17, 15) is 4.79 Å². The maximum atomic E-state index is 13.7. The van der Waals surface area contributed by atoms with Gasteiger partial charge in [-0.3, -0.25) is 4.79 Å². The lowest BCUT2D eigenvalue weighted by Gasteiger charge is -2.40. The minimum atomic E-state index is -0.286. The summed E-state index contributed by atoms with van der Waals surface area (Å²) in [5.41, 5.74) is 2.99. The Bertz CT molecular complexity index is 1050. The van der Waals surface area contributed by atoms with Crippen molar-refractivity contribution in [2.75, 3.05) is 31.1 Å². The first kappa shape index (κ1) is 20.2. The molecule has 0 bridgehead atoms. The molecule has 7 heteroatoms. The van der Waals surface area contributed by atoms with Crippen LogP contribution in [-0.2, 0) is 10.2 Å². The molecule has 3 aromatic heterocycles. The van der Waals surface area contributed by atoms with Gasteiger partial charge in [-0.1, -0.05) is 25.0 Å². The zero-order chi connectivity index (χ0) is 21.4. The summed E-state index contributed by atoms with van der Waals surface area (Å²) in [5.74, 6) is 1.17. The lowest BCUT2D eigenvalue weighted by atomic mass is 9.82. The van der Waals surface area contributed by atoms with Gasteiger partial charge in [0.15, 0.2) is 5.82 Å². The first-order chi connectivity index (χ1) is 15.1. The Labute approximate surface area is 187 Å². The van der Waals surface area contributed by atoms with E-state index in [1.807, 2.05) is 22.9 Å². The van der Waals surface area contributed by atoms with Crippen molar-refractivity contribution in [3.05, 3.63) is 58.2 Å². The summed E-state index contributed by atoms with van der Waals surface area (Å²) < 4.78 is 1.92. The van der Waals surface area contributed by atoms with Crippen molar-refractivity contribution >= 4 is 22.9 Å². The van der Waals surface area contributed by atoms with Crippen LogP contribution in [0.2, 0.25) is 0 Å². The van der Waals surface area contributed by atoms with E-state index in [1.54, 1.807) is 17.5 Å². The molecule has 2 fully saturated rings. The average Bonchev–Trinajstić information content (AvgIpc) is 3.55. The van der Waals surface area contributed by atoms with E-state index in [0.717, 1.165) is 69.1 Å². The van der Waals surface area contributed by atoms with Gasteiger partial charge in [-0.25, -0.2) is 9.67 Å². The predicted molar refractivity (Wildman–Crippen MR) is 124 cm³/mol. The van der Waals surface area contributed by atoms with Gasteiger partial charge in [0.2, 0.25) is 5.91 Å². The highest BCUT2D eigenvalue weighted by atomic mass is 32.1. The minimum absolute atomic E-state index is 0.286. The van der Waals surface area contributed by atoms with Crippen molar-refractivity contribution in [1.82, 2.24) is 19.7 Å². The second-order valence-electron chi connectivity index (χ2n) is 8.66. The van der Waals surface area contributed by atoms with Crippen molar-refractivity contribution in [2.24, 2.45) is 0 Å². The molecule has 0 N–H and O–H groups in total. The van der Waals surface area contributed by atoms with Crippen LogP contribution in [0.15, 0.2) is 41.9 Å². The fourth-order valence-corrected chi connectivity index (χ4v) is 6.30. The van der Waals surface area contributed by atoms with Crippen LogP contribution in [0.3, 0.4) is 0 Å². The minimum Gasteiger partial charge on any atom is -0.365 e. The summed E-state index contributed by atoms with van der Waals surface area (Å²) in [6, 6.07) is 10.1. The molecule has 2 aliphatic rings. The molecule has 0 spiro atoms. The van der Waals surface area contributed by atoms with Crippen LogP contribution in [0.5, 0.6) is 0 Å². The standard InChI is InChI=1S/C24H29N5OS/c1-18-22(19(2)29(26-18)21-9-3-6-12-25-21)27-13-15-28(16-14-27)23(30)24(10-4-5-11-24)20-8-7-17-31-20/h3,6-9,12,17H,4-5,10-11,13-16H2,1-2H3. The lowest BCUT2D eigenvalue weighted by Crippen LogP contribution is -2.54. The van der Waals surface area contributed by atoms with Crippen molar-refractivity contribution < 1.29 is 4.79 Å². The molecule has 0 atom stereocenters. The van der Waals surface area contributed by atoms with Gasteiger partial charge in [0.1, 0.15) is 0 Å². The van der Waals surface area contributed by atoms with Gasteiger partial charge < -0.3 is 9.80 Å². The Kier molecular flexibility index (Phi) is 5.30. The summed E-state index contributed by atoms with van der Waals surface area (Å²) in [6.45, 7) is 7.36. The van der Waals surface area contributed by atoms with Crippen LogP contribution in [0.1, 0.15) is 41.9 Å². The largest absolute Gasteiger partial charge is 0.365 e. The van der Waals surface area contributed by atoms with Crippen molar-refractivity contribution in [2.45, 2.75) is 44.9 Å². The monoisotopic (exact) mass is 435 g/mol. The van der Waals surface area contributed by atoms with E-state index in [0.29, 0.717) is 5.91 Å². The number of aromatic nitrogens is 3. The molecule has 1 aliphatic heterocycles. The van der Waals surface area contributed by atoms with E-state index in [1.165, 1.54) is 10.6 Å². The summed E-state index contributed by atoms with van der Waals surface area (Å²) in [5, 5.41) is 6.85. The van der Waals surface area contributed by atoms with E-state index in [4.69, 9.17) is 5.10 Å². The third kappa shape index (κ3) is 3.45.